The topological polar surface area (TPSA) is 15.3 Å². The van der Waals surface area contributed by atoms with Gasteiger partial charge in [-0.1, -0.05) is 33.1 Å². The molecule has 2 nitrogen and oxygen atoms in total. The average molecular weight is 252 g/mol. The van der Waals surface area contributed by atoms with Crippen molar-refractivity contribution in [2.45, 2.75) is 83.2 Å². The Hall–Kier alpha value is -0.0800. The smallest absolute Gasteiger partial charge is 0.0303 e. The summed E-state index contributed by atoms with van der Waals surface area (Å²) in [5.74, 6) is 0. The van der Waals surface area contributed by atoms with Crippen LogP contribution >= 0.6 is 0 Å². The van der Waals surface area contributed by atoms with E-state index in [2.05, 4.69) is 31.0 Å². The quantitative estimate of drug-likeness (QED) is 0.826. The van der Waals surface area contributed by atoms with Crippen LogP contribution in [0, 0.1) is 0 Å². The summed E-state index contributed by atoms with van der Waals surface area (Å²) >= 11 is 0. The molecule has 0 amide bonds. The van der Waals surface area contributed by atoms with Gasteiger partial charge in [0, 0.05) is 17.6 Å². The first kappa shape index (κ1) is 14.3. The van der Waals surface area contributed by atoms with Crippen LogP contribution in [-0.2, 0) is 0 Å². The highest BCUT2D eigenvalue weighted by Gasteiger charge is 2.39. The fourth-order valence-electron chi connectivity index (χ4n) is 3.94. The lowest BCUT2D eigenvalue weighted by molar-refractivity contribution is 0.0460. The fourth-order valence-corrected chi connectivity index (χ4v) is 3.94. The molecule has 0 bridgehead atoms. The molecule has 0 radical (unpaired) electrons. The van der Waals surface area contributed by atoms with Crippen molar-refractivity contribution < 1.29 is 0 Å². The van der Waals surface area contributed by atoms with Crippen LogP contribution < -0.4 is 5.32 Å². The van der Waals surface area contributed by atoms with Crippen molar-refractivity contribution in [3.8, 4) is 0 Å². The zero-order chi connectivity index (χ0) is 13.1. The molecule has 0 atom stereocenters. The van der Waals surface area contributed by atoms with E-state index in [9.17, 15) is 0 Å². The molecule has 1 aliphatic carbocycles. The molecule has 1 saturated heterocycles. The SMILES string of the molecule is CCC1(CC)CN(C2(C)CCCCC2)CCCN1. The van der Waals surface area contributed by atoms with Crippen LogP contribution in [0.25, 0.3) is 0 Å². The molecule has 18 heavy (non-hydrogen) atoms. The highest BCUT2D eigenvalue weighted by atomic mass is 15.2. The van der Waals surface area contributed by atoms with Crippen LogP contribution in [-0.4, -0.2) is 35.6 Å². The van der Waals surface area contributed by atoms with E-state index in [1.807, 2.05) is 0 Å². The third-order valence-corrected chi connectivity index (χ3v) is 5.65. The van der Waals surface area contributed by atoms with Gasteiger partial charge in [0.1, 0.15) is 0 Å². The summed E-state index contributed by atoms with van der Waals surface area (Å²) in [7, 11) is 0. The Kier molecular flexibility index (Phi) is 4.71. The van der Waals surface area contributed by atoms with E-state index in [0.29, 0.717) is 11.1 Å². The maximum atomic E-state index is 3.84. The van der Waals surface area contributed by atoms with E-state index >= 15 is 0 Å². The Labute approximate surface area is 114 Å². The van der Waals surface area contributed by atoms with Crippen molar-refractivity contribution >= 4 is 0 Å². The second-order valence-corrected chi connectivity index (χ2v) is 6.75. The molecule has 2 rings (SSSR count). The minimum Gasteiger partial charge on any atom is -0.310 e. The molecule has 1 aliphatic heterocycles. The van der Waals surface area contributed by atoms with E-state index in [1.165, 1.54) is 71.0 Å². The second kappa shape index (κ2) is 5.92. The van der Waals surface area contributed by atoms with Crippen LogP contribution in [0.15, 0.2) is 0 Å². The Morgan fingerprint density at radius 1 is 1.00 bits per heavy atom. The monoisotopic (exact) mass is 252 g/mol. The van der Waals surface area contributed by atoms with Crippen molar-refractivity contribution in [3.05, 3.63) is 0 Å². The minimum absolute atomic E-state index is 0.372. The molecule has 2 heteroatoms. The fraction of sp³-hybridized carbons (Fsp3) is 1.00. The van der Waals surface area contributed by atoms with Gasteiger partial charge in [0.25, 0.3) is 0 Å². The number of hydrogen-bond donors (Lipinski definition) is 1. The van der Waals surface area contributed by atoms with E-state index in [-0.39, 0.29) is 0 Å². The Morgan fingerprint density at radius 2 is 1.67 bits per heavy atom. The maximum Gasteiger partial charge on any atom is 0.0303 e. The number of rotatable bonds is 3. The van der Waals surface area contributed by atoms with Crippen LogP contribution in [0.5, 0.6) is 0 Å². The summed E-state index contributed by atoms with van der Waals surface area (Å²) in [5.41, 5.74) is 0.858. The maximum absolute atomic E-state index is 3.84. The molecule has 2 fully saturated rings. The van der Waals surface area contributed by atoms with Gasteiger partial charge in [0.15, 0.2) is 0 Å². The highest BCUT2D eigenvalue weighted by Crippen LogP contribution is 2.35. The largest absolute Gasteiger partial charge is 0.310 e. The van der Waals surface area contributed by atoms with Crippen molar-refractivity contribution in [1.29, 1.82) is 0 Å². The van der Waals surface area contributed by atoms with Crippen molar-refractivity contribution in [2.24, 2.45) is 0 Å². The number of nitrogens with zero attached hydrogens (tertiary/aromatic N) is 1. The molecule has 0 spiro atoms. The standard InChI is InChI=1S/C16H32N2/c1-4-16(5-2)14-18(13-9-12-17-16)15(3)10-7-6-8-11-15/h17H,4-14H2,1-3H3. The zero-order valence-electron chi connectivity index (χ0n) is 12.7. The average Bonchev–Trinajstić information content (AvgIpc) is 2.63. The summed E-state index contributed by atoms with van der Waals surface area (Å²) in [6.45, 7) is 11.0. The third-order valence-electron chi connectivity index (χ3n) is 5.65. The molecule has 0 unspecified atom stereocenters. The van der Waals surface area contributed by atoms with E-state index < -0.39 is 0 Å². The summed E-state index contributed by atoms with van der Waals surface area (Å²) in [6, 6.07) is 0. The lowest BCUT2D eigenvalue weighted by atomic mass is 9.80. The first-order valence-corrected chi connectivity index (χ1v) is 8.14. The zero-order valence-corrected chi connectivity index (χ0v) is 12.7. The lowest BCUT2D eigenvalue weighted by Crippen LogP contribution is -2.56. The number of hydrogen-bond acceptors (Lipinski definition) is 2. The first-order valence-electron chi connectivity index (χ1n) is 8.14. The minimum atomic E-state index is 0.372. The summed E-state index contributed by atoms with van der Waals surface area (Å²) in [5, 5.41) is 3.84. The second-order valence-electron chi connectivity index (χ2n) is 6.75. The summed E-state index contributed by atoms with van der Waals surface area (Å²) in [6.07, 6.45) is 11.0. The highest BCUT2D eigenvalue weighted by molar-refractivity contribution is 4.97. The number of nitrogens with one attached hydrogen (secondary N) is 1. The van der Waals surface area contributed by atoms with Gasteiger partial charge >= 0.3 is 0 Å². The molecule has 0 aromatic heterocycles. The summed E-state index contributed by atoms with van der Waals surface area (Å²) < 4.78 is 0. The Bertz CT molecular complexity index is 252. The van der Waals surface area contributed by atoms with Gasteiger partial charge < -0.3 is 5.32 Å². The molecule has 1 heterocycles. The lowest BCUT2D eigenvalue weighted by Gasteiger charge is -2.47. The van der Waals surface area contributed by atoms with Crippen LogP contribution in [0.2, 0.25) is 0 Å². The molecular formula is C16H32N2. The van der Waals surface area contributed by atoms with Crippen molar-refractivity contribution in [2.75, 3.05) is 19.6 Å². The van der Waals surface area contributed by atoms with Crippen molar-refractivity contribution in [3.63, 3.8) is 0 Å². The predicted octanol–water partition coefficient (Wildman–Crippen LogP) is 3.56. The van der Waals surface area contributed by atoms with Gasteiger partial charge in [0.05, 0.1) is 0 Å². The molecule has 1 saturated carbocycles. The third kappa shape index (κ3) is 2.91. The van der Waals surface area contributed by atoms with Crippen LogP contribution in [0.3, 0.4) is 0 Å². The van der Waals surface area contributed by atoms with Gasteiger partial charge in [-0.25, -0.2) is 0 Å². The van der Waals surface area contributed by atoms with Gasteiger partial charge in [0.2, 0.25) is 0 Å². The Balaban J connectivity index is 2.10. The normalized spacial score (nSPS) is 28.8. The molecule has 106 valence electrons. The molecule has 0 aromatic rings. The van der Waals surface area contributed by atoms with Crippen molar-refractivity contribution in [1.82, 2.24) is 10.2 Å². The van der Waals surface area contributed by atoms with Gasteiger partial charge in [-0.15, -0.1) is 0 Å². The predicted molar refractivity (Wildman–Crippen MR) is 79.0 cm³/mol. The molecule has 2 aliphatic rings. The molecular weight excluding hydrogens is 220 g/mol. The van der Waals surface area contributed by atoms with Gasteiger partial charge in [-0.05, 0) is 52.1 Å². The van der Waals surface area contributed by atoms with E-state index in [0.717, 1.165) is 0 Å². The van der Waals surface area contributed by atoms with Crippen LogP contribution in [0.4, 0.5) is 0 Å². The van der Waals surface area contributed by atoms with E-state index in [1.54, 1.807) is 0 Å². The molecule has 0 aromatic carbocycles. The van der Waals surface area contributed by atoms with Gasteiger partial charge in [-0.2, -0.15) is 0 Å². The molecule has 1 N–H and O–H groups in total. The first-order chi connectivity index (χ1) is 8.64. The van der Waals surface area contributed by atoms with E-state index in [4.69, 9.17) is 0 Å². The Morgan fingerprint density at radius 3 is 2.28 bits per heavy atom. The van der Waals surface area contributed by atoms with Gasteiger partial charge in [-0.3, -0.25) is 4.90 Å². The van der Waals surface area contributed by atoms with Crippen LogP contribution in [0.1, 0.15) is 72.1 Å². The summed E-state index contributed by atoms with van der Waals surface area (Å²) in [4.78, 5) is 2.83.